The zero-order valence-corrected chi connectivity index (χ0v) is 78.1. The number of anilines is 3. The van der Waals surface area contributed by atoms with Gasteiger partial charge in [-0.05, 0) is 229 Å². The summed E-state index contributed by atoms with van der Waals surface area (Å²) in [6, 6.07) is 76.9. The lowest BCUT2D eigenvalue weighted by molar-refractivity contribution is 0.0696. The van der Waals surface area contributed by atoms with Crippen molar-refractivity contribution in [1.29, 1.82) is 0 Å². The number of hydrogen-bond donors (Lipinski definition) is 3. The molecule has 0 amide bonds. The lowest BCUT2D eigenvalue weighted by Gasteiger charge is -2.27. The van der Waals surface area contributed by atoms with Crippen molar-refractivity contribution in [2.75, 3.05) is 31.3 Å². The van der Waals surface area contributed by atoms with Gasteiger partial charge in [0, 0.05) is 61.4 Å². The Morgan fingerprint density at radius 3 is 1.13 bits per heavy atom. The summed E-state index contributed by atoms with van der Waals surface area (Å²) < 4.78 is 27.7. The van der Waals surface area contributed by atoms with Gasteiger partial charge in [-0.2, -0.15) is 0 Å². The van der Waals surface area contributed by atoms with Crippen molar-refractivity contribution >= 4 is 90.9 Å². The zero-order chi connectivity index (χ0) is 89.9. The molecule has 0 saturated carbocycles. The van der Waals surface area contributed by atoms with E-state index in [1.54, 1.807) is 12.1 Å². The summed E-state index contributed by atoms with van der Waals surface area (Å²) in [5.41, 5.74) is 24.8. The molecule has 0 fully saturated rings. The standard InChI is InChI=1S/C119H131N5O6/c1-9-13-17-21-23-25-27-29-31-39-77-127-109-49-41-43-85(7)113(109)116-103-71-69-101(120-103)100(68-67-97-95-45-33-35-47-98(95)115(99-48-36-34-46-96(97)99)89-53-55-90(56-54-89)119(125)126)102-70-72-104(121-102)117(114-86(8)44-42-50-110(114)128-78-40-32-30-28-26-24-22-18-14-10-2)106-74-76-108(123-106)118(107-75-73-105(116)122-107)124(91-61-57-87(58-62-91)93-65-51-83(5)81-111(93)129-79-37-19-15-11-3)92-63-59-88(60-64-92)94-66-52-84(6)82-112(94)130-80-38-20-16-12-4/h33-36,41-66,69-76,81-82,120,123H,9-32,37-40,77-80H2,1-8H3,(H,125,126). The number of hydrogen-bond acceptors (Lipinski definition) is 8. The average molecular weight is 1730 g/mol. The van der Waals surface area contributed by atoms with Gasteiger partial charge in [0.25, 0.3) is 0 Å². The first-order valence-electron chi connectivity index (χ1n) is 48.8. The van der Waals surface area contributed by atoms with E-state index in [-0.39, 0.29) is 5.56 Å². The number of carbonyl (C=O) groups is 1. The van der Waals surface area contributed by atoms with Crippen LogP contribution in [-0.4, -0.2) is 57.4 Å². The normalized spacial score (nSPS) is 11.7. The number of carboxylic acids is 1. The van der Waals surface area contributed by atoms with Gasteiger partial charge in [-0.3, -0.25) is 0 Å². The SMILES string of the molecule is CCCCCCCCCCCCOc1cccc(C)c1-c1c2nc(c(N(c3ccc(-c4ccc(C)cc4OCCCCCC)cc3)c3ccc(-c4ccc(C)cc4OCCCCCC)cc3)c3ccc([nH]3)c(-c3c(C)cccc3OCCCCCCCCCCCC)c3nc(c(C#Cc4c5ccccc5c(-c5ccc(C(=O)O)cc5)c5ccccc45)c4ccc1[nH]4)C=C3)C=C2. The second-order valence-corrected chi connectivity index (χ2v) is 35.7. The molecule has 0 radical (unpaired) electrons. The maximum Gasteiger partial charge on any atom is 0.335 e. The molecule has 0 aliphatic carbocycles. The van der Waals surface area contributed by atoms with Crippen LogP contribution in [0.15, 0.2) is 218 Å². The number of nitrogens with one attached hydrogen (secondary N) is 2. The maximum absolute atomic E-state index is 12.3. The van der Waals surface area contributed by atoms with E-state index in [4.69, 9.17) is 28.9 Å². The highest BCUT2D eigenvalue weighted by molar-refractivity contribution is 6.17. The molecule has 0 saturated heterocycles. The van der Waals surface area contributed by atoms with Crippen molar-refractivity contribution in [3.05, 3.63) is 280 Å². The molecule has 11 nitrogen and oxygen atoms in total. The van der Waals surface area contributed by atoms with Gasteiger partial charge in [-0.25, -0.2) is 14.8 Å². The Labute approximate surface area is 771 Å². The fourth-order valence-electron chi connectivity index (χ4n) is 18.7. The molecule has 0 unspecified atom stereocenters. The molecule has 2 aliphatic rings. The van der Waals surface area contributed by atoms with Crippen molar-refractivity contribution in [3.8, 4) is 90.5 Å². The minimum absolute atomic E-state index is 0.232. The lowest BCUT2D eigenvalue weighted by atomic mass is 9.88. The number of H-pyrrole nitrogens is 2. The summed E-state index contributed by atoms with van der Waals surface area (Å²) in [6.45, 7) is 20.2. The Balaban J connectivity index is 0.973. The molecule has 8 bridgehead atoms. The highest BCUT2D eigenvalue weighted by Crippen LogP contribution is 2.48. The van der Waals surface area contributed by atoms with Crippen LogP contribution in [0.3, 0.4) is 0 Å². The van der Waals surface area contributed by atoms with E-state index in [1.165, 1.54) is 116 Å². The van der Waals surface area contributed by atoms with Crippen LogP contribution in [-0.2, 0) is 0 Å². The first-order chi connectivity index (χ1) is 63.9. The molecule has 2 aliphatic heterocycles. The van der Waals surface area contributed by atoms with Crippen LogP contribution in [0.1, 0.15) is 274 Å². The summed E-state index contributed by atoms with van der Waals surface area (Å²) in [6.07, 6.45) is 42.1. The largest absolute Gasteiger partial charge is 0.493 e. The number of ether oxygens (including phenoxy) is 4. The van der Waals surface area contributed by atoms with Crippen LogP contribution in [0, 0.1) is 39.5 Å². The molecule has 5 heterocycles. The van der Waals surface area contributed by atoms with E-state index >= 15 is 0 Å². The Morgan fingerprint density at radius 2 is 0.685 bits per heavy atom. The number of aromatic amines is 2. The Morgan fingerprint density at radius 1 is 0.323 bits per heavy atom. The van der Waals surface area contributed by atoms with Crippen LogP contribution < -0.4 is 23.8 Å². The molecular formula is C119H131N5O6. The summed E-state index contributed by atoms with van der Waals surface area (Å²) in [5, 5.41) is 14.0. The molecule has 668 valence electrons. The van der Waals surface area contributed by atoms with Crippen molar-refractivity contribution in [3.63, 3.8) is 0 Å². The van der Waals surface area contributed by atoms with E-state index in [9.17, 15) is 9.90 Å². The van der Waals surface area contributed by atoms with Crippen LogP contribution in [0.25, 0.3) is 124 Å². The number of fused-ring (bicyclic) bond motifs is 10. The topological polar surface area (TPSA) is 135 Å². The van der Waals surface area contributed by atoms with Gasteiger partial charge in [0.2, 0.25) is 0 Å². The first kappa shape index (κ1) is 92.1. The summed E-state index contributed by atoms with van der Waals surface area (Å²) in [7, 11) is 0. The molecule has 3 aromatic heterocycles. The molecule has 11 heteroatoms. The fourth-order valence-corrected chi connectivity index (χ4v) is 18.7. The van der Waals surface area contributed by atoms with Gasteiger partial charge in [-0.15, -0.1) is 0 Å². The molecule has 3 N–H and O–H groups in total. The van der Waals surface area contributed by atoms with Crippen LogP contribution in [0.4, 0.5) is 17.1 Å². The van der Waals surface area contributed by atoms with Gasteiger partial charge in [0.05, 0.1) is 77.1 Å². The predicted octanol–water partition coefficient (Wildman–Crippen LogP) is 33.6. The summed E-state index contributed by atoms with van der Waals surface area (Å²) in [4.78, 5) is 34.9. The van der Waals surface area contributed by atoms with E-state index < -0.39 is 5.97 Å². The van der Waals surface area contributed by atoms with Crippen LogP contribution >= 0.6 is 0 Å². The van der Waals surface area contributed by atoms with E-state index in [2.05, 4.69) is 301 Å². The lowest BCUT2D eigenvalue weighted by Crippen LogP contribution is -2.12. The first-order valence-corrected chi connectivity index (χ1v) is 48.8. The van der Waals surface area contributed by atoms with E-state index in [0.29, 0.717) is 37.7 Å². The number of aromatic nitrogens is 4. The number of benzene rings is 10. The number of unbranched alkanes of at least 4 members (excludes halogenated alkanes) is 24. The summed E-state index contributed by atoms with van der Waals surface area (Å²) >= 11 is 0. The maximum atomic E-state index is 12.3. The Hall–Kier alpha value is -12.7. The highest BCUT2D eigenvalue weighted by atomic mass is 16.5. The average Bonchev–Trinajstić information content (AvgIpc) is 1.71. The molecular weight excluding hydrogens is 1600 g/mol. The van der Waals surface area contributed by atoms with Gasteiger partial charge < -0.3 is 38.9 Å². The van der Waals surface area contributed by atoms with Crippen molar-refractivity contribution < 1.29 is 28.8 Å². The van der Waals surface area contributed by atoms with E-state index in [0.717, 1.165) is 248 Å². The fraction of sp³-hybridized carbons (Fsp3) is 0.336. The van der Waals surface area contributed by atoms with Crippen molar-refractivity contribution in [2.45, 2.75) is 235 Å². The minimum Gasteiger partial charge on any atom is -0.493 e. The Bertz CT molecular complexity index is 6110. The molecule has 0 spiro atoms. The number of rotatable bonds is 45. The summed E-state index contributed by atoms with van der Waals surface area (Å²) in [5.74, 6) is 10.1. The third-order valence-electron chi connectivity index (χ3n) is 25.8. The number of aryl methyl sites for hydroxylation is 4. The van der Waals surface area contributed by atoms with Crippen molar-refractivity contribution in [2.24, 2.45) is 0 Å². The zero-order valence-electron chi connectivity index (χ0n) is 78.1. The number of nitrogens with zero attached hydrogens (tertiary/aromatic N) is 3. The Kier molecular flexibility index (Phi) is 32.6. The second kappa shape index (κ2) is 46.1. The van der Waals surface area contributed by atoms with Crippen LogP contribution in [0.2, 0.25) is 0 Å². The van der Waals surface area contributed by atoms with Crippen LogP contribution in [0.5, 0.6) is 23.0 Å². The highest BCUT2D eigenvalue weighted by Gasteiger charge is 2.27. The predicted molar refractivity (Wildman–Crippen MR) is 548 cm³/mol. The quantitative estimate of drug-likeness (QED) is 0.0194. The van der Waals surface area contributed by atoms with E-state index in [1.807, 2.05) is 12.1 Å². The third-order valence-corrected chi connectivity index (χ3v) is 25.8. The number of carboxylic acid groups (broad SMARTS) is 1. The minimum atomic E-state index is -0.967. The molecule has 13 aromatic rings. The molecule has 0 atom stereocenters. The third kappa shape index (κ3) is 22.6. The van der Waals surface area contributed by atoms with Crippen molar-refractivity contribution in [1.82, 2.24) is 19.9 Å². The van der Waals surface area contributed by atoms with Gasteiger partial charge in [-0.1, -0.05) is 327 Å². The molecule has 130 heavy (non-hydrogen) atoms. The molecule has 15 rings (SSSR count). The number of aromatic carboxylic acids is 1. The van der Waals surface area contributed by atoms with Gasteiger partial charge in [0.1, 0.15) is 23.0 Å². The second-order valence-electron chi connectivity index (χ2n) is 35.7. The monoisotopic (exact) mass is 1730 g/mol. The van der Waals surface area contributed by atoms with Gasteiger partial charge in [0.15, 0.2) is 0 Å². The molecule has 10 aromatic carbocycles. The van der Waals surface area contributed by atoms with Gasteiger partial charge >= 0.3 is 5.97 Å². The smallest absolute Gasteiger partial charge is 0.335 e.